The number of rotatable bonds is 9. The summed E-state index contributed by atoms with van der Waals surface area (Å²) in [5.74, 6) is 1.12. The normalized spacial score (nSPS) is 10.3. The predicted molar refractivity (Wildman–Crippen MR) is 77.6 cm³/mol. The molecule has 0 aliphatic heterocycles. The van der Waals surface area contributed by atoms with Crippen molar-refractivity contribution in [3.05, 3.63) is 22.7 Å². The lowest BCUT2D eigenvalue weighted by Gasteiger charge is -2.12. The van der Waals surface area contributed by atoms with Gasteiger partial charge in [-0.05, 0) is 18.9 Å². The lowest BCUT2D eigenvalue weighted by Crippen LogP contribution is -2.02. The van der Waals surface area contributed by atoms with Crippen LogP contribution in [0.1, 0.15) is 49.9 Å². The Morgan fingerprint density at radius 2 is 1.63 bits per heavy atom. The summed E-state index contributed by atoms with van der Waals surface area (Å²) in [5, 5.41) is 0.445. The summed E-state index contributed by atoms with van der Waals surface area (Å²) in [6.07, 6.45) is 4.78. The highest BCUT2D eigenvalue weighted by atomic mass is 35.5. The molecule has 3 nitrogen and oxygen atoms in total. The number of halogens is 1. The topological polar surface area (TPSA) is 35.5 Å². The second-order valence-electron chi connectivity index (χ2n) is 4.34. The smallest absolute Gasteiger partial charge is 0.153 e. The molecular formula is C15H21ClO3. The number of benzene rings is 1. The van der Waals surface area contributed by atoms with E-state index in [1.165, 1.54) is 0 Å². The van der Waals surface area contributed by atoms with Crippen molar-refractivity contribution in [2.75, 3.05) is 13.2 Å². The van der Waals surface area contributed by atoms with E-state index >= 15 is 0 Å². The molecule has 0 radical (unpaired) electrons. The number of carbonyl (C=O) groups is 1. The van der Waals surface area contributed by atoms with Gasteiger partial charge in [-0.3, -0.25) is 4.79 Å². The molecule has 0 bridgehead atoms. The second-order valence-corrected chi connectivity index (χ2v) is 4.75. The van der Waals surface area contributed by atoms with Crippen molar-refractivity contribution in [2.45, 2.75) is 39.5 Å². The molecule has 0 atom stereocenters. The van der Waals surface area contributed by atoms with Gasteiger partial charge in [0, 0.05) is 6.07 Å². The van der Waals surface area contributed by atoms with Crippen LogP contribution >= 0.6 is 11.6 Å². The van der Waals surface area contributed by atoms with Gasteiger partial charge in [0.15, 0.2) is 6.29 Å². The average molecular weight is 285 g/mol. The first-order chi connectivity index (χ1) is 9.22. The first-order valence-corrected chi connectivity index (χ1v) is 7.15. The van der Waals surface area contributed by atoms with Gasteiger partial charge in [0.25, 0.3) is 0 Å². The van der Waals surface area contributed by atoms with Crippen LogP contribution in [0.15, 0.2) is 12.1 Å². The van der Waals surface area contributed by atoms with Gasteiger partial charge in [-0.25, -0.2) is 0 Å². The third-order valence-corrected chi connectivity index (χ3v) is 3.00. The van der Waals surface area contributed by atoms with Gasteiger partial charge in [-0.1, -0.05) is 38.3 Å². The van der Waals surface area contributed by atoms with Crippen molar-refractivity contribution in [1.29, 1.82) is 0 Å². The average Bonchev–Trinajstić information content (AvgIpc) is 2.42. The zero-order valence-electron chi connectivity index (χ0n) is 11.6. The Labute approximate surface area is 119 Å². The Morgan fingerprint density at radius 3 is 2.16 bits per heavy atom. The van der Waals surface area contributed by atoms with Crippen LogP contribution in [-0.4, -0.2) is 19.5 Å². The zero-order valence-corrected chi connectivity index (χ0v) is 12.3. The molecule has 0 fully saturated rings. The molecule has 1 rings (SSSR count). The molecule has 0 heterocycles. The summed E-state index contributed by atoms with van der Waals surface area (Å²) in [6.45, 7) is 5.39. The fraction of sp³-hybridized carbons (Fsp3) is 0.533. The van der Waals surface area contributed by atoms with E-state index in [-0.39, 0.29) is 0 Å². The SMILES string of the molecule is CCCCOc1cc(OCCCC)c(C=O)cc1Cl. The monoisotopic (exact) mass is 284 g/mol. The standard InChI is InChI=1S/C15H21ClO3/c1-3-5-7-18-14-10-15(19-8-6-4-2)13(16)9-12(14)11-17/h9-11H,3-8H2,1-2H3. The van der Waals surface area contributed by atoms with E-state index in [1.54, 1.807) is 12.1 Å². The Kier molecular flexibility index (Phi) is 7.34. The maximum Gasteiger partial charge on any atom is 0.153 e. The van der Waals surface area contributed by atoms with Crippen LogP contribution in [0.25, 0.3) is 0 Å². The summed E-state index contributed by atoms with van der Waals surface area (Å²) in [4.78, 5) is 11.0. The van der Waals surface area contributed by atoms with Crippen LogP contribution in [0, 0.1) is 0 Å². The van der Waals surface area contributed by atoms with E-state index in [1.807, 2.05) is 0 Å². The van der Waals surface area contributed by atoms with Crippen molar-refractivity contribution in [3.63, 3.8) is 0 Å². The molecule has 0 spiro atoms. The highest BCUT2D eigenvalue weighted by molar-refractivity contribution is 6.32. The molecule has 0 aliphatic rings. The molecule has 4 heteroatoms. The fourth-order valence-corrected chi connectivity index (χ4v) is 1.76. The summed E-state index contributed by atoms with van der Waals surface area (Å²) in [5.41, 5.74) is 0.462. The van der Waals surface area contributed by atoms with Crippen LogP contribution < -0.4 is 9.47 Å². The lowest BCUT2D eigenvalue weighted by atomic mass is 10.2. The van der Waals surface area contributed by atoms with Crippen molar-refractivity contribution in [3.8, 4) is 11.5 Å². The minimum absolute atomic E-state index is 0.445. The molecule has 106 valence electrons. The Morgan fingerprint density at radius 1 is 1.05 bits per heavy atom. The van der Waals surface area contributed by atoms with E-state index < -0.39 is 0 Å². The lowest BCUT2D eigenvalue weighted by molar-refractivity contribution is 0.111. The van der Waals surface area contributed by atoms with Gasteiger partial charge < -0.3 is 9.47 Å². The van der Waals surface area contributed by atoms with Crippen LogP contribution in [0.3, 0.4) is 0 Å². The Bertz CT molecular complexity index is 405. The van der Waals surface area contributed by atoms with Gasteiger partial charge in [-0.15, -0.1) is 0 Å². The van der Waals surface area contributed by atoms with E-state index in [0.29, 0.717) is 35.3 Å². The maximum absolute atomic E-state index is 11.0. The van der Waals surface area contributed by atoms with E-state index in [0.717, 1.165) is 32.0 Å². The van der Waals surface area contributed by atoms with Gasteiger partial charge in [0.2, 0.25) is 0 Å². The molecule has 0 aromatic heterocycles. The number of carbonyl (C=O) groups excluding carboxylic acids is 1. The first kappa shape index (κ1) is 15.8. The van der Waals surface area contributed by atoms with Crippen molar-refractivity contribution in [2.24, 2.45) is 0 Å². The van der Waals surface area contributed by atoms with Crippen molar-refractivity contribution >= 4 is 17.9 Å². The molecule has 1 aromatic carbocycles. The first-order valence-electron chi connectivity index (χ1n) is 6.77. The van der Waals surface area contributed by atoms with Gasteiger partial charge >= 0.3 is 0 Å². The number of hydrogen-bond acceptors (Lipinski definition) is 3. The number of ether oxygens (including phenoxy) is 2. The third kappa shape index (κ3) is 5.11. The number of hydrogen-bond donors (Lipinski definition) is 0. The largest absolute Gasteiger partial charge is 0.493 e. The molecular weight excluding hydrogens is 264 g/mol. The minimum Gasteiger partial charge on any atom is -0.493 e. The van der Waals surface area contributed by atoms with E-state index in [9.17, 15) is 4.79 Å². The van der Waals surface area contributed by atoms with Crippen molar-refractivity contribution in [1.82, 2.24) is 0 Å². The van der Waals surface area contributed by atoms with E-state index in [4.69, 9.17) is 21.1 Å². The van der Waals surface area contributed by atoms with Crippen LogP contribution in [0.4, 0.5) is 0 Å². The minimum atomic E-state index is 0.445. The zero-order chi connectivity index (χ0) is 14.1. The highest BCUT2D eigenvalue weighted by Crippen LogP contribution is 2.32. The van der Waals surface area contributed by atoms with Crippen LogP contribution in [0.2, 0.25) is 5.02 Å². The molecule has 0 amide bonds. The van der Waals surface area contributed by atoms with Crippen LogP contribution in [-0.2, 0) is 0 Å². The summed E-state index contributed by atoms with van der Waals surface area (Å²) in [7, 11) is 0. The maximum atomic E-state index is 11.0. The Hall–Kier alpha value is -1.22. The summed E-state index contributed by atoms with van der Waals surface area (Å²) in [6, 6.07) is 3.30. The van der Waals surface area contributed by atoms with Gasteiger partial charge in [0.1, 0.15) is 11.5 Å². The second kappa shape index (κ2) is 8.81. The molecule has 0 N–H and O–H groups in total. The quantitative estimate of drug-likeness (QED) is 0.494. The van der Waals surface area contributed by atoms with Crippen LogP contribution in [0.5, 0.6) is 11.5 Å². The number of unbranched alkanes of at least 4 members (excludes halogenated alkanes) is 2. The molecule has 0 saturated carbocycles. The summed E-state index contributed by atoms with van der Waals surface area (Å²) >= 11 is 6.08. The third-order valence-electron chi connectivity index (χ3n) is 2.70. The molecule has 0 unspecified atom stereocenters. The molecule has 0 aliphatic carbocycles. The molecule has 0 saturated heterocycles. The summed E-state index contributed by atoms with van der Waals surface area (Å²) < 4.78 is 11.2. The van der Waals surface area contributed by atoms with Gasteiger partial charge in [0.05, 0.1) is 23.8 Å². The van der Waals surface area contributed by atoms with E-state index in [2.05, 4.69) is 13.8 Å². The fourth-order valence-electron chi connectivity index (χ4n) is 1.53. The highest BCUT2D eigenvalue weighted by Gasteiger charge is 2.10. The number of aldehydes is 1. The molecule has 1 aromatic rings. The van der Waals surface area contributed by atoms with Gasteiger partial charge in [-0.2, -0.15) is 0 Å². The van der Waals surface area contributed by atoms with Crippen molar-refractivity contribution < 1.29 is 14.3 Å². The molecule has 19 heavy (non-hydrogen) atoms. The predicted octanol–water partition coefficient (Wildman–Crippen LogP) is 4.51. The Balaban J connectivity index is 2.80.